The van der Waals surface area contributed by atoms with Crippen LogP contribution in [0.15, 0.2) is 18.6 Å². The number of rotatable bonds is 6. The van der Waals surface area contributed by atoms with E-state index in [1.165, 1.54) is 25.9 Å². The quantitative estimate of drug-likeness (QED) is 0.413. The SMILES string of the molecule is NNc1cn2ccnc2c(NCCCN2CCCC2)n1. The van der Waals surface area contributed by atoms with Gasteiger partial charge in [-0.1, -0.05) is 0 Å². The van der Waals surface area contributed by atoms with Crippen molar-refractivity contribution in [3.05, 3.63) is 18.6 Å². The average Bonchev–Trinajstić information content (AvgIpc) is 3.13. The van der Waals surface area contributed by atoms with Gasteiger partial charge < -0.3 is 20.0 Å². The molecule has 1 saturated heterocycles. The molecule has 0 atom stereocenters. The molecule has 1 fully saturated rings. The van der Waals surface area contributed by atoms with Gasteiger partial charge in [0.05, 0.1) is 6.20 Å². The Bertz CT molecular complexity index is 559. The molecular weight excluding hydrogens is 254 g/mol. The summed E-state index contributed by atoms with van der Waals surface area (Å²) >= 11 is 0. The van der Waals surface area contributed by atoms with Gasteiger partial charge in [0, 0.05) is 18.9 Å². The summed E-state index contributed by atoms with van der Waals surface area (Å²) in [5.41, 5.74) is 3.40. The third kappa shape index (κ3) is 2.83. The third-order valence-corrected chi connectivity index (χ3v) is 3.66. The summed E-state index contributed by atoms with van der Waals surface area (Å²) in [7, 11) is 0. The molecule has 0 amide bonds. The van der Waals surface area contributed by atoms with Gasteiger partial charge in [0.2, 0.25) is 0 Å². The van der Waals surface area contributed by atoms with Gasteiger partial charge in [-0.2, -0.15) is 0 Å². The van der Waals surface area contributed by atoms with E-state index in [1.807, 2.05) is 16.8 Å². The van der Waals surface area contributed by atoms with Crippen molar-refractivity contribution < 1.29 is 0 Å². The van der Waals surface area contributed by atoms with Crippen LogP contribution in [0.4, 0.5) is 11.6 Å². The summed E-state index contributed by atoms with van der Waals surface area (Å²) in [5, 5.41) is 3.36. The molecule has 3 heterocycles. The van der Waals surface area contributed by atoms with Gasteiger partial charge in [-0.15, -0.1) is 0 Å². The number of fused-ring (bicyclic) bond motifs is 1. The van der Waals surface area contributed by atoms with E-state index in [9.17, 15) is 0 Å². The van der Waals surface area contributed by atoms with Gasteiger partial charge in [0.1, 0.15) is 0 Å². The smallest absolute Gasteiger partial charge is 0.180 e. The predicted octanol–water partition coefficient (Wildman–Crippen LogP) is 0.913. The van der Waals surface area contributed by atoms with Gasteiger partial charge >= 0.3 is 0 Å². The zero-order valence-corrected chi connectivity index (χ0v) is 11.5. The van der Waals surface area contributed by atoms with E-state index in [2.05, 4.69) is 25.6 Å². The first-order chi connectivity index (χ1) is 9.86. The molecule has 20 heavy (non-hydrogen) atoms. The summed E-state index contributed by atoms with van der Waals surface area (Å²) in [5.74, 6) is 6.83. The van der Waals surface area contributed by atoms with Crippen molar-refractivity contribution in [2.45, 2.75) is 19.3 Å². The zero-order chi connectivity index (χ0) is 13.8. The third-order valence-electron chi connectivity index (χ3n) is 3.66. The lowest BCUT2D eigenvalue weighted by Crippen LogP contribution is -2.22. The minimum Gasteiger partial charge on any atom is -0.367 e. The highest BCUT2D eigenvalue weighted by Crippen LogP contribution is 2.15. The maximum atomic E-state index is 5.44. The zero-order valence-electron chi connectivity index (χ0n) is 11.5. The molecule has 1 aliphatic rings. The Morgan fingerprint density at radius 3 is 2.95 bits per heavy atom. The summed E-state index contributed by atoms with van der Waals surface area (Å²) < 4.78 is 1.91. The van der Waals surface area contributed by atoms with Gasteiger partial charge in [-0.25, -0.2) is 15.8 Å². The van der Waals surface area contributed by atoms with E-state index in [0.717, 1.165) is 31.0 Å². The van der Waals surface area contributed by atoms with Crippen molar-refractivity contribution in [3.8, 4) is 0 Å². The van der Waals surface area contributed by atoms with Gasteiger partial charge in [0.15, 0.2) is 17.3 Å². The largest absolute Gasteiger partial charge is 0.367 e. The first-order valence-corrected chi connectivity index (χ1v) is 7.13. The number of nitrogen functional groups attached to an aromatic ring is 1. The maximum absolute atomic E-state index is 5.44. The molecule has 3 rings (SSSR count). The fourth-order valence-electron chi connectivity index (χ4n) is 2.64. The molecule has 108 valence electrons. The summed E-state index contributed by atoms with van der Waals surface area (Å²) in [4.78, 5) is 11.2. The van der Waals surface area contributed by atoms with E-state index in [-0.39, 0.29) is 0 Å². The molecule has 0 radical (unpaired) electrons. The topological polar surface area (TPSA) is 83.5 Å². The molecule has 2 aromatic rings. The lowest BCUT2D eigenvalue weighted by molar-refractivity contribution is 0.337. The molecule has 7 heteroatoms. The van der Waals surface area contributed by atoms with Gasteiger partial charge in [-0.05, 0) is 38.9 Å². The first kappa shape index (κ1) is 13.1. The Labute approximate surface area is 118 Å². The highest BCUT2D eigenvalue weighted by molar-refractivity contribution is 5.65. The van der Waals surface area contributed by atoms with Crippen LogP contribution in [0.3, 0.4) is 0 Å². The van der Waals surface area contributed by atoms with E-state index < -0.39 is 0 Å². The second-order valence-electron chi connectivity index (χ2n) is 5.11. The van der Waals surface area contributed by atoms with Gasteiger partial charge in [0.25, 0.3) is 0 Å². The van der Waals surface area contributed by atoms with Crippen molar-refractivity contribution in [2.75, 3.05) is 36.9 Å². The lowest BCUT2D eigenvalue weighted by Gasteiger charge is -2.14. The number of nitrogens with one attached hydrogen (secondary N) is 2. The molecule has 0 aromatic carbocycles. The van der Waals surface area contributed by atoms with Crippen molar-refractivity contribution in [1.29, 1.82) is 0 Å². The lowest BCUT2D eigenvalue weighted by atomic mass is 10.4. The number of hydrogen-bond donors (Lipinski definition) is 3. The number of likely N-dealkylation sites (tertiary alicyclic amines) is 1. The number of anilines is 2. The van der Waals surface area contributed by atoms with Crippen LogP contribution in [-0.2, 0) is 0 Å². The standard InChI is InChI=1S/C13H21N7/c14-18-11-10-20-9-5-16-13(20)12(17-11)15-4-3-8-19-6-1-2-7-19/h5,9-10,18H,1-4,6-8,14H2,(H,15,17). The maximum Gasteiger partial charge on any atom is 0.180 e. The van der Waals surface area contributed by atoms with E-state index in [4.69, 9.17) is 5.84 Å². The van der Waals surface area contributed by atoms with Crippen molar-refractivity contribution in [3.63, 3.8) is 0 Å². The van der Waals surface area contributed by atoms with Crippen molar-refractivity contribution in [2.24, 2.45) is 5.84 Å². The molecule has 0 bridgehead atoms. The van der Waals surface area contributed by atoms with Crippen LogP contribution in [0, 0.1) is 0 Å². The summed E-state index contributed by atoms with van der Waals surface area (Å²) in [6, 6.07) is 0. The number of aromatic nitrogens is 3. The monoisotopic (exact) mass is 275 g/mol. The van der Waals surface area contributed by atoms with Crippen LogP contribution in [0.2, 0.25) is 0 Å². The van der Waals surface area contributed by atoms with Crippen LogP contribution in [-0.4, -0.2) is 45.4 Å². The second-order valence-corrected chi connectivity index (χ2v) is 5.11. The molecule has 1 aliphatic heterocycles. The Hall–Kier alpha value is -1.86. The number of hydrazine groups is 1. The average molecular weight is 275 g/mol. The second kappa shape index (κ2) is 6.06. The molecule has 0 unspecified atom stereocenters. The minimum atomic E-state index is 0.623. The first-order valence-electron chi connectivity index (χ1n) is 7.13. The number of hydrogen-bond acceptors (Lipinski definition) is 6. The van der Waals surface area contributed by atoms with Crippen LogP contribution in [0.1, 0.15) is 19.3 Å². The Morgan fingerprint density at radius 1 is 1.30 bits per heavy atom. The molecule has 0 saturated carbocycles. The number of imidazole rings is 1. The van der Waals surface area contributed by atoms with Gasteiger partial charge in [-0.3, -0.25) is 0 Å². The molecule has 7 nitrogen and oxygen atoms in total. The molecule has 4 N–H and O–H groups in total. The van der Waals surface area contributed by atoms with Crippen LogP contribution in [0.5, 0.6) is 0 Å². The van der Waals surface area contributed by atoms with E-state index in [1.54, 1.807) is 6.20 Å². The fraction of sp³-hybridized carbons (Fsp3) is 0.538. The fourth-order valence-corrected chi connectivity index (χ4v) is 2.64. The normalized spacial score (nSPS) is 15.8. The van der Waals surface area contributed by atoms with E-state index >= 15 is 0 Å². The van der Waals surface area contributed by atoms with Crippen molar-refractivity contribution in [1.82, 2.24) is 19.3 Å². The summed E-state index contributed by atoms with van der Waals surface area (Å²) in [6.07, 6.45) is 9.24. The highest BCUT2D eigenvalue weighted by Gasteiger charge is 2.11. The van der Waals surface area contributed by atoms with Crippen LogP contribution >= 0.6 is 0 Å². The Morgan fingerprint density at radius 2 is 2.15 bits per heavy atom. The molecular formula is C13H21N7. The Kier molecular flexibility index (Phi) is 3.98. The number of nitrogens with two attached hydrogens (primary N) is 1. The predicted molar refractivity (Wildman–Crippen MR) is 79.6 cm³/mol. The Balaban J connectivity index is 1.59. The minimum absolute atomic E-state index is 0.623. The highest BCUT2D eigenvalue weighted by atomic mass is 15.3. The van der Waals surface area contributed by atoms with E-state index in [0.29, 0.717) is 5.82 Å². The summed E-state index contributed by atoms with van der Waals surface area (Å²) in [6.45, 7) is 4.53. The molecule has 0 spiro atoms. The molecule has 0 aliphatic carbocycles. The van der Waals surface area contributed by atoms with Crippen LogP contribution < -0.4 is 16.6 Å². The van der Waals surface area contributed by atoms with Crippen molar-refractivity contribution >= 4 is 17.3 Å². The van der Waals surface area contributed by atoms with Crippen LogP contribution in [0.25, 0.3) is 5.65 Å². The number of nitrogens with zero attached hydrogens (tertiary/aromatic N) is 4. The molecule has 2 aromatic heterocycles.